The maximum Gasteiger partial charge on any atom is 0.338 e. The van der Waals surface area contributed by atoms with Crippen LogP contribution in [0.15, 0.2) is 60.7 Å². The fourth-order valence-corrected chi connectivity index (χ4v) is 3.21. The van der Waals surface area contributed by atoms with E-state index in [1.54, 1.807) is 12.1 Å². The molecule has 0 aliphatic carbocycles. The van der Waals surface area contributed by atoms with E-state index in [-0.39, 0.29) is 12.0 Å². The third-order valence-corrected chi connectivity index (χ3v) is 4.82. The lowest BCUT2D eigenvalue weighted by atomic mass is 10.2. The first-order valence-electron chi connectivity index (χ1n) is 8.80. The molecule has 1 aliphatic rings. The molecule has 1 heterocycles. The van der Waals surface area contributed by atoms with Gasteiger partial charge in [-0.15, -0.1) is 0 Å². The number of nitrogens with zero attached hydrogens (tertiary/aromatic N) is 1. The van der Waals surface area contributed by atoms with Gasteiger partial charge in [0, 0.05) is 12.1 Å². The Morgan fingerprint density at radius 2 is 1.56 bits per heavy atom. The van der Waals surface area contributed by atoms with E-state index < -0.39 is 0 Å². The second-order valence-corrected chi connectivity index (χ2v) is 6.52. The molecule has 4 heteroatoms. The van der Waals surface area contributed by atoms with Crippen LogP contribution in [0.25, 0.3) is 0 Å². The first-order chi connectivity index (χ1) is 12.2. The van der Waals surface area contributed by atoms with Crippen LogP contribution in [0.1, 0.15) is 28.8 Å². The van der Waals surface area contributed by atoms with E-state index >= 15 is 0 Å². The molecule has 2 atom stereocenters. The third kappa shape index (κ3) is 4.91. The lowest BCUT2D eigenvalue weighted by Crippen LogP contribution is -2.38. The van der Waals surface area contributed by atoms with Gasteiger partial charge in [-0.25, -0.2) is 4.79 Å². The van der Waals surface area contributed by atoms with Gasteiger partial charge in [0.25, 0.3) is 0 Å². The Morgan fingerprint density at radius 3 is 2.24 bits per heavy atom. The number of rotatable bonds is 7. The number of hydrogen-bond donors (Lipinski definition) is 0. The highest BCUT2D eigenvalue weighted by Crippen LogP contribution is 2.23. The zero-order valence-corrected chi connectivity index (χ0v) is 14.6. The Balaban J connectivity index is 1.41. The molecule has 0 bridgehead atoms. The summed E-state index contributed by atoms with van der Waals surface area (Å²) in [6.07, 6.45) is 2.09. The first-order valence-corrected chi connectivity index (χ1v) is 8.80. The number of likely N-dealkylation sites (tertiary alicyclic amines) is 1. The van der Waals surface area contributed by atoms with Crippen LogP contribution in [0.3, 0.4) is 0 Å². The van der Waals surface area contributed by atoms with Gasteiger partial charge in [0.2, 0.25) is 0 Å². The summed E-state index contributed by atoms with van der Waals surface area (Å²) in [5.41, 5.74) is 1.79. The predicted octanol–water partition coefficient (Wildman–Crippen LogP) is 3.52. The average Bonchev–Trinajstić information content (AvgIpc) is 3.01. The Bertz CT molecular complexity index is 659. The molecule has 1 saturated heterocycles. The summed E-state index contributed by atoms with van der Waals surface area (Å²) in [6.45, 7) is 1.77. The number of likely N-dealkylation sites (N-methyl/N-ethyl adjacent to an activating group) is 1. The van der Waals surface area contributed by atoms with Crippen LogP contribution in [0, 0.1) is 0 Å². The molecule has 25 heavy (non-hydrogen) atoms. The molecule has 0 N–H and O–H groups in total. The van der Waals surface area contributed by atoms with Crippen LogP contribution in [0.4, 0.5) is 0 Å². The van der Waals surface area contributed by atoms with E-state index in [0.717, 1.165) is 12.8 Å². The standard InChI is InChI=1S/C21H25NO3/c1-22-19(15-24-14-17-8-4-2-5-9-17)12-13-20(22)16-25-21(23)18-10-6-3-7-11-18/h2-11,19-20H,12-16H2,1H3/t19-,20?/m0/s1. The van der Waals surface area contributed by atoms with E-state index in [2.05, 4.69) is 24.1 Å². The molecule has 0 spiro atoms. The van der Waals surface area contributed by atoms with Gasteiger partial charge in [-0.3, -0.25) is 4.90 Å². The second-order valence-electron chi connectivity index (χ2n) is 6.52. The van der Waals surface area contributed by atoms with Gasteiger partial charge in [0.15, 0.2) is 0 Å². The van der Waals surface area contributed by atoms with Gasteiger partial charge in [0.05, 0.1) is 18.8 Å². The first kappa shape index (κ1) is 17.6. The smallest absolute Gasteiger partial charge is 0.338 e. The number of hydrogen-bond acceptors (Lipinski definition) is 4. The highest BCUT2D eigenvalue weighted by molar-refractivity contribution is 5.89. The minimum absolute atomic E-state index is 0.252. The highest BCUT2D eigenvalue weighted by atomic mass is 16.5. The Labute approximate surface area is 149 Å². The van der Waals surface area contributed by atoms with Crippen LogP contribution in [-0.4, -0.2) is 43.2 Å². The molecule has 1 aliphatic heterocycles. The molecule has 0 aromatic heterocycles. The zero-order chi connectivity index (χ0) is 17.5. The fraction of sp³-hybridized carbons (Fsp3) is 0.381. The third-order valence-electron chi connectivity index (χ3n) is 4.82. The molecule has 0 saturated carbocycles. The van der Waals surface area contributed by atoms with Crippen LogP contribution in [0.5, 0.6) is 0 Å². The van der Waals surface area contributed by atoms with E-state index in [0.29, 0.717) is 31.4 Å². The van der Waals surface area contributed by atoms with Gasteiger partial charge in [-0.1, -0.05) is 48.5 Å². The van der Waals surface area contributed by atoms with E-state index in [1.807, 2.05) is 36.4 Å². The van der Waals surface area contributed by atoms with Crippen molar-refractivity contribution in [3.63, 3.8) is 0 Å². The molecular formula is C21H25NO3. The van der Waals surface area contributed by atoms with Gasteiger partial charge in [-0.2, -0.15) is 0 Å². The zero-order valence-electron chi connectivity index (χ0n) is 14.6. The molecule has 2 aromatic rings. The molecule has 0 amide bonds. The number of ether oxygens (including phenoxy) is 2. The summed E-state index contributed by atoms with van der Waals surface area (Å²) in [4.78, 5) is 14.3. The summed E-state index contributed by atoms with van der Waals surface area (Å²) < 4.78 is 11.4. The van der Waals surface area contributed by atoms with E-state index in [9.17, 15) is 4.79 Å². The fourth-order valence-electron chi connectivity index (χ4n) is 3.21. The summed E-state index contributed by atoms with van der Waals surface area (Å²) in [7, 11) is 2.09. The van der Waals surface area contributed by atoms with Crippen molar-refractivity contribution in [3.8, 4) is 0 Å². The molecule has 0 radical (unpaired) electrons. The number of carbonyl (C=O) groups excluding carboxylic acids is 1. The quantitative estimate of drug-likeness (QED) is 0.724. The van der Waals surface area contributed by atoms with Gasteiger partial charge in [-0.05, 0) is 37.6 Å². The van der Waals surface area contributed by atoms with Crippen molar-refractivity contribution in [3.05, 3.63) is 71.8 Å². The van der Waals surface area contributed by atoms with Crippen molar-refractivity contribution in [2.45, 2.75) is 31.5 Å². The van der Waals surface area contributed by atoms with Crippen LogP contribution >= 0.6 is 0 Å². The average molecular weight is 339 g/mol. The molecule has 1 unspecified atom stereocenters. The van der Waals surface area contributed by atoms with Crippen molar-refractivity contribution < 1.29 is 14.3 Å². The largest absolute Gasteiger partial charge is 0.460 e. The van der Waals surface area contributed by atoms with Crippen molar-refractivity contribution >= 4 is 5.97 Å². The number of esters is 1. The van der Waals surface area contributed by atoms with E-state index in [1.165, 1.54) is 5.56 Å². The molecular weight excluding hydrogens is 314 g/mol. The van der Waals surface area contributed by atoms with Crippen molar-refractivity contribution in [2.75, 3.05) is 20.3 Å². The molecule has 132 valence electrons. The number of benzene rings is 2. The maximum atomic E-state index is 12.1. The maximum absolute atomic E-state index is 12.1. The lowest BCUT2D eigenvalue weighted by Gasteiger charge is -2.25. The Hall–Kier alpha value is -2.17. The van der Waals surface area contributed by atoms with Crippen LogP contribution in [0.2, 0.25) is 0 Å². The van der Waals surface area contributed by atoms with Crippen LogP contribution < -0.4 is 0 Å². The Kier molecular flexibility index (Phi) is 6.20. The van der Waals surface area contributed by atoms with Gasteiger partial charge in [0.1, 0.15) is 6.61 Å². The lowest BCUT2D eigenvalue weighted by molar-refractivity contribution is 0.0314. The highest BCUT2D eigenvalue weighted by Gasteiger charge is 2.31. The molecule has 2 aromatic carbocycles. The van der Waals surface area contributed by atoms with Gasteiger partial charge < -0.3 is 9.47 Å². The normalized spacial score (nSPS) is 20.5. The van der Waals surface area contributed by atoms with Gasteiger partial charge >= 0.3 is 5.97 Å². The minimum Gasteiger partial charge on any atom is -0.460 e. The summed E-state index contributed by atoms with van der Waals surface area (Å²) >= 11 is 0. The summed E-state index contributed by atoms with van der Waals surface area (Å²) in [6, 6.07) is 20.0. The predicted molar refractivity (Wildman–Crippen MR) is 97.4 cm³/mol. The van der Waals surface area contributed by atoms with Crippen molar-refractivity contribution in [1.82, 2.24) is 4.90 Å². The van der Waals surface area contributed by atoms with Crippen LogP contribution in [-0.2, 0) is 16.1 Å². The second kappa shape index (κ2) is 8.79. The minimum atomic E-state index is -0.252. The Morgan fingerprint density at radius 1 is 0.960 bits per heavy atom. The molecule has 4 nitrogen and oxygen atoms in total. The topological polar surface area (TPSA) is 38.8 Å². The summed E-state index contributed by atoms with van der Waals surface area (Å²) in [5, 5.41) is 0. The van der Waals surface area contributed by atoms with E-state index in [4.69, 9.17) is 9.47 Å². The van der Waals surface area contributed by atoms with Crippen molar-refractivity contribution in [2.24, 2.45) is 0 Å². The van der Waals surface area contributed by atoms with Crippen molar-refractivity contribution in [1.29, 1.82) is 0 Å². The molecule has 1 fully saturated rings. The SMILES string of the molecule is CN1C(COC(=O)c2ccccc2)CC[C@H]1COCc1ccccc1. The monoisotopic (exact) mass is 339 g/mol. The molecule has 3 rings (SSSR count). The summed E-state index contributed by atoms with van der Waals surface area (Å²) in [5.74, 6) is -0.252. The number of carbonyl (C=O) groups is 1.